The number of rotatable bonds is 6. The van der Waals surface area contributed by atoms with Gasteiger partial charge in [0.2, 0.25) is 0 Å². The summed E-state index contributed by atoms with van der Waals surface area (Å²) in [5.41, 5.74) is 1.34. The normalized spacial score (nSPS) is 10.8. The van der Waals surface area contributed by atoms with Gasteiger partial charge in [-0.1, -0.05) is 48.2 Å². The van der Waals surface area contributed by atoms with Crippen molar-refractivity contribution in [3.63, 3.8) is 0 Å². The molecule has 0 saturated heterocycles. The van der Waals surface area contributed by atoms with E-state index < -0.39 is 5.91 Å². The SMILES string of the molecule is CSc1ccccc1CNC(=O)c1nc(Sc2ccccc2)c2cccnc2c1O. The summed E-state index contributed by atoms with van der Waals surface area (Å²) in [5, 5.41) is 14.9. The van der Waals surface area contributed by atoms with Crippen molar-refractivity contribution < 1.29 is 9.90 Å². The van der Waals surface area contributed by atoms with Crippen LogP contribution in [-0.4, -0.2) is 27.2 Å². The molecule has 0 fully saturated rings. The number of amides is 1. The smallest absolute Gasteiger partial charge is 0.274 e. The maximum absolute atomic E-state index is 12.9. The third-order valence-electron chi connectivity index (χ3n) is 4.50. The van der Waals surface area contributed by atoms with Gasteiger partial charge in [0.25, 0.3) is 5.91 Å². The third kappa shape index (κ3) is 4.27. The van der Waals surface area contributed by atoms with Gasteiger partial charge in [0.1, 0.15) is 10.5 Å². The van der Waals surface area contributed by atoms with Crippen LogP contribution in [0.15, 0.2) is 87.7 Å². The molecule has 2 heterocycles. The average molecular weight is 434 g/mol. The van der Waals surface area contributed by atoms with Crippen LogP contribution in [0, 0.1) is 0 Å². The number of pyridine rings is 2. The maximum Gasteiger partial charge on any atom is 0.274 e. The Bertz CT molecular complexity index is 1200. The van der Waals surface area contributed by atoms with E-state index in [2.05, 4.69) is 15.3 Å². The minimum absolute atomic E-state index is 0.0266. The van der Waals surface area contributed by atoms with Crippen molar-refractivity contribution in [3.05, 3.63) is 84.2 Å². The molecule has 30 heavy (non-hydrogen) atoms. The Balaban J connectivity index is 1.68. The fourth-order valence-corrected chi connectivity index (χ4v) is 4.58. The van der Waals surface area contributed by atoms with Crippen molar-refractivity contribution >= 4 is 40.3 Å². The summed E-state index contributed by atoms with van der Waals surface area (Å²) >= 11 is 3.05. The summed E-state index contributed by atoms with van der Waals surface area (Å²) in [7, 11) is 0. The predicted octanol–water partition coefficient (Wildman–Crippen LogP) is 5.14. The molecule has 1 amide bonds. The molecule has 2 aromatic heterocycles. The van der Waals surface area contributed by atoms with Crippen LogP contribution in [0.1, 0.15) is 16.1 Å². The molecule has 0 atom stereocenters. The molecule has 0 aliphatic carbocycles. The highest BCUT2D eigenvalue weighted by atomic mass is 32.2. The standard InChI is InChI=1S/C23H19N3O2S2/c1-29-18-12-6-5-8-15(18)14-25-22(28)20-21(27)19-17(11-7-13-24-19)23(26-20)30-16-9-3-2-4-10-16/h2-13,27H,14H2,1H3,(H,25,28). The molecule has 0 saturated carbocycles. The minimum Gasteiger partial charge on any atom is -0.504 e. The highest BCUT2D eigenvalue weighted by Gasteiger charge is 2.20. The molecule has 0 bridgehead atoms. The number of nitrogens with one attached hydrogen (secondary N) is 1. The van der Waals surface area contributed by atoms with Crippen LogP contribution in [-0.2, 0) is 6.54 Å². The van der Waals surface area contributed by atoms with E-state index in [0.29, 0.717) is 22.5 Å². The Morgan fingerprint density at radius 1 is 1.03 bits per heavy atom. The zero-order valence-electron chi connectivity index (χ0n) is 16.2. The van der Waals surface area contributed by atoms with Crippen LogP contribution in [0.2, 0.25) is 0 Å². The van der Waals surface area contributed by atoms with Gasteiger partial charge in [0, 0.05) is 27.9 Å². The van der Waals surface area contributed by atoms with Gasteiger partial charge >= 0.3 is 0 Å². The molecule has 5 nitrogen and oxygen atoms in total. The fraction of sp³-hybridized carbons (Fsp3) is 0.0870. The first-order valence-corrected chi connectivity index (χ1v) is 11.3. The number of thioether (sulfide) groups is 1. The molecule has 0 radical (unpaired) electrons. The number of nitrogens with zero attached hydrogens (tertiary/aromatic N) is 2. The van der Waals surface area contributed by atoms with Crippen LogP contribution in [0.4, 0.5) is 0 Å². The molecule has 0 unspecified atom stereocenters. The molecule has 7 heteroatoms. The number of hydrogen-bond acceptors (Lipinski definition) is 6. The number of benzene rings is 2. The largest absolute Gasteiger partial charge is 0.504 e. The lowest BCUT2D eigenvalue weighted by atomic mass is 10.2. The van der Waals surface area contributed by atoms with E-state index in [1.165, 1.54) is 11.8 Å². The molecule has 4 rings (SSSR count). The van der Waals surface area contributed by atoms with E-state index in [4.69, 9.17) is 0 Å². The van der Waals surface area contributed by atoms with Gasteiger partial charge in [-0.2, -0.15) is 0 Å². The Hall–Kier alpha value is -3.03. The Morgan fingerprint density at radius 3 is 2.60 bits per heavy atom. The van der Waals surface area contributed by atoms with Crippen molar-refractivity contribution in [2.75, 3.05) is 6.26 Å². The quantitative estimate of drug-likeness (QED) is 0.410. The topological polar surface area (TPSA) is 75.1 Å². The van der Waals surface area contributed by atoms with Gasteiger partial charge in [0.05, 0.1) is 0 Å². The number of fused-ring (bicyclic) bond motifs is 1. The molecule has 0 aliphatic heterocycles. The second-order valence-corrected chi connectivity index (χ2v) is 8.33. The summed E-state index contributed by atoms with van der Waals surface area (Å²) in [4.78, 5) is 23.8. The minimum atomic E-state index is -0.439. The van der Waals surface area contributed by atoms with E-state index in [-0.39, 0.29) is 11.4 Å². The lowest BCUT2D eigenvalue weighted by molar-refractivity contribution is 0.0942. The zero-order valence-corrected chi connectivity index (χ0v) is 17.8. The van der Waals surface area contributed by atoms with E-state index in [1.807, 2.05) is 66.9 Å². The lowest BCUT2D eigenvalue weighted by Crippen LogP contribution is -2.24. The summed E-state index contributed by atoms with van der Waals surface area (Å²) in [6.45, 7) is 0.346. The van der Waals surface area contributed by atoms with Crippen LogP contribution < -0.4 is 5.32 Å². The van der Waals surface area contributed by atoms with E-state index in [0.717, 1.165) is 15.4 Å². The van der Waals surface area contributed by atoms with E-state index >= 15 is 0 Å². The number of aromatic hydroxyl groups is 1. The number of carbonyl (C=O) groups excluding carboxylic acids is 1. The highest BCUT2D eigenvalue weighted by Crippen LogP contribution is 2.36. The first-order valence-electron chi connectivity index (χ1n) is 9.28. The second kappa shape index (κ2) is 9.19. The van der Waals surface area contributed by atoms with E-state index in [1.54, 1.807) is 24.0 Å². The van der Waals surface area contributed by atoms with Crippen molar-refractivity contribution in [3.8, 4) is 5.75 Å². The van der Waals surface area contributed by atoms with Crippen molar-refractivity contribution in [2.24, 2.45) is 0 Å². The zero-order chi connectivity index (χ0) is 20.9. The number of aromatic nitrogens is 2. The molecule has 0 spiro atoms. The van der Waals surface area contributed by atoms with E-state index in [9.17, 15) is 9.90 Å². The highest BCUT2D eigenvalue weighted by molar-refractivity contribution is 7.99. The van der Waals surface area contributed by atoms with Crippen LogP contribution >= 0.6 is 23.5 Å². The summed E-state index contributed by atoms with van der Waals surface area (Å²) in [6, 6.07) is 21.3. The lowest BCUT2D eigenvalue weighted by Gasteiger charge is -2.12. The van der Waals surface area contributed by atoms with Crippen molar-refractivity contribution in [2.45, 2.75) is 21.4 Å². The number of carbonyl (C=O) groups is 1. The molecule has 2 aromatic carbocycles. The van der Waals surface area contributed by atoms with Crippen LogP contribution in [0.5, 0.6) is 5.75 Å². The third-order valence-corrected chi connectivity index (χ3v) is 6.36. The average Bonchev–Trinajstić information content (AvgIpc) is 2.80. The van der Waals surface area contributed by atoms with Gasteiger partial charge in [-0.25, -0.2) is 4.98 Å². The Morgan fingerprint density at radius 2 is 1.80 bits per heavy atom. The Kier molecular flexibility index (Phi) is 6.21. The molecule has 0 aliphatic rings. The molecule has 150 valence electrons. The Labute approximate surface area is 183 Å². The fourth-order valence-electron chi connectivity index (χ4n) is 3.04. The summed E-state index contributed by atoms with van der Waals surface area (Å²) in [6.07, 6.45) is 3.59. The first-order chi connectivity index (χ1) is 14.7. The molecular formula is C23H19N3O2S2. The predicted molar refractivity (Wildman–Crippen MR) is 121 cm³/mol. The van der Waals surface area contributed by atoms with Gasteiger partial charge in [0.15, 0.2) is 11.4 Å². The second-order valence-electron chi connectivity index (χ2n) is 6.42. The summed E-state index contributed by atoms with van der Waals surface area (Å²) in [5.74, 6) is -0.649. The molecular weight excluding hydrogens is 414 g/mol. The van der Waals surface area contributed by atoms with Gasteiger partial charge in [-0.15, -0.1) is 11.8 Å². The summed E-state index contributed by atoms with van der Waals surface area (Å²) < 4.78 is 0. The molecule has 4 aromatic rings. The van der Waals surface area contributed by atoms with Crippen LogP contribution in [0.3, 0.4) is 0 Å². The first kappa shape index (κ1) is 20.3. The van der Waals surface area contributed by atoms with Crippen LogP contribution in [0.25, 0.3) is 10.9 Å². The maximum atomic E-state index is 12.9. The monoisotopic (exact) mass is 433 g/mol. The van der Waals surface area contributed by atoms with Crippen molar-refractivity contribution in [1.29, 1.82) is 0 Å². The number of hydrogen-bond donors (Lipinski definition) is 2. The molecule has 2 N–H and O–H groups in total. The van der Waals surface area contributed by atoms with Gasteiger partial charge in [-0.3, -0.25) is 9.78 Å². The van der Waals surface area contributed by atoms with Gasteiger partial charge < -0.3 is 10.4 Å². The van der Waals surface area contributed by atoms with Gasteiger partial charge in [-0.05, 0) is 42.2 Å². The van der Waals surface area contributed by atoms with Crippen molar-refractivity contribution in [1.82, 2.24) is 15.3 Å².